The Bertz CT molecular complexity index is 111. The van der Waals surface area contributed by atoms with Gasteiger partial charge in [-0.3, -0.25) is 0 Å². The summed E-state index contributed by atoms with van der Waals surface area (Å²) in [4.78, 5) is 0. The fourth-order valence-corrected chi connectivity index (χ4v) is 1.88. The molecule has 0 spiro atoms. The Kier molecular flexibility index (Phi) is 2.35. The van der Waals surface area contributed by atoms with Crippen LogP contribution in [0.5, 0.6) is 0 Å². The van der Waals surface area contributed by atoms with Crippen LogP contribution in [0.3, 0.4) is 0 Å². The van der Waals surface area contributed by atoms with Gasteiger partial charge in [-0.1, -0.05) is 19.8 Å². The average molecular weight is 141 g/mol. The first-order valence-corrected chi connectivity index (χ1v) is 4.38. The predicted molar refractivity (Wildman–Crippen MR) is 45.1 cm³/mol. The zero-order valence-corrected chi connectivity index (χ0v) is 7.41. The SMILES string of the molecule is CN[C@@]1(C)CCCCC1C. The lowest BCUT2D eigenvalue weighted by atomic mass is 9.75. The zero-order valence-electron chi connectivity index (χ0n) is 7.41. The van der Waals surface area contributed by atoms with Gasteiger partial charge in [0.25, 0.3) is 0 Å². The smallest absolute Gasteiger partial charge is 0.0175 e. The summed E-state index contributed by atoms with van der Waals surface area (Å²) in [5.41, 5.74) is 0.429. The van der Waals surface area contributed by atoms with E-state index in [1.807, 2.05) is 0 Å². The molecule has 0 saturated heterocycles. The van der Waals surface area contributed by atoms with E-state index in [9.17, 15) is 0 Å². The Hall–Kier alpha value is -0.0400. The van der Waals surface area contributed by atoms with Gasteiger partial charge in [0.1, 0.15) is 0 Å². The molecular formula is C9H19N. The molecule has 1 unspecified atom stereocenters. The molecule has 0 radical (unpaired) electrons. The summed E-state index contributed by atoms with van der Waals surface area (Å²) < 4.78 is 0. The number of nitrogens with one attached hydrogen (secondary N) is 1. The van der Waals surface area contributed by atoms with Crippen molar-refractivity contribution in [3.8, 4) is 0 Å². The Morgan fingerprint density at radius 2 is 2.10 bits per heavy atom. The van der Waals surface area contributed by atoms with Crippen LogP contribution in [0, 0.1) is 5.92 Å². The van der Waals surface area contributed by atoms with Crippen molar-refractivity contribution in [3.05, 3.63) is 0 Å². The van der Waals surface area contributed by atoms with E-state index in [4.69, 9.17) is 0 Å². The molecule has 1 aliphatic rings. The maximum Gasteiger partial charge on any atom is 0.0175 e. The van der Waals surface area contributed by atoms with Crippen LogP contribution in [0.4, 0.5) is 0 Å². The van der Waals surface area contributed by atoms with Crippen molar-refractivity contribution in [1.82, 2.24) is 5.32 Å². The van der Waals surface area contributed by atoms with Crippen LogP contribution in [0.2, 0.25) is 0 Å². The normalized spacial score (nSPS) is 41.7. The highest BCUT2D eigenvalue weighted by Gasteiger charge is 2.31. The van der Waals surface area contributed by atoms with Crippen LogP contribution in [-0.2, 0) is 0 Å². The van der Waals surface area contributed by atoms with E-state index in [2.05, 4.69) is 26.2 Å². The molecule has 0 bridgehead atoms. The molecule has 1 fully saturated rings. The molecule has 0 aromatic heterocycles. The van der Waals surface area contributed by atoms with Gasteiger partial charge in [-0.2, -0.15) is 0 Å². The molecule has 0 aliphatic heterocycles. The van der Waals surface area contributed by atoms with Gasteiger partial charge in [-0.05, 0) is 32.7 Å². The van der Waals surface area contributed by atoms with Crippen molar-refractivity contribution >= 4 is 0 Å². The van der Waals surface area contributed by atoms with E-state index in [0.29, 0.717) is 5.54 Å². The summed E-state index contributed by atoms with van der Waals surface area (Å²) in [6.45, 7) is 4.70. The monoisotopic (exact) mass is 141 g/mol. The number of hydrogen-bond donors (Lipinski definition) is 1. The van der Waals surface area contributed by atoms with Crippen LogP contribution in [0.25, 0.3) is 0 Å². The first-order chi connectivity index (χ1) is 4.69. The Labute approximate surface area is 64.2 Å². The lowest BCUT2D eigenvalue weighted by Crippen LogP contribution is -2.47. The van der Waals surface area contributed by atoms with E-state index >= 15 is 0 Å². The van der Waals surface area contributed by atoms with E-state index in [0.717, 1.165) is 5.92 Å². The van der Waals surface area contributed by atoms with Crippen LogP contribution < -0.4 is 5.32 Å². The summed E-state index contributed by atoms with van der Waals surface area (Å²) >= 11 is 0. The first-order valence-electron chi connectivity index (χ1n) is 4.38. The second-order valence-corrected chi connectivity index (χ2v) is 3.81. The van der Waals surface area contributed by atoms with Gasteiger partial charge >= 0.3 is 0 Å². The number of rotatable bonds is 1. The fraction of sp³-hybridized carbons (Fsp3) is 1.00. The second kappa shape index (κ2) is 2.91. The van der Waals surface area contributed by atoms with Crippen molar-refractivity contribution in [2.24, 2.45) is 5.92 Å². The quantitative estimate of drug-likeness (QED) is 0.590. The maximum atomic E-state index is 3.43. The fourth-order valence-electron chi connectivity index (χ4n) is 1.88. The molecule has 60 valence electrons. The summed E-state index contributed by atoms with van der Waals surface area (Å²) in [6.07, 6.45) is 5.59. The molecule has 0 aromatic carbocycles. The topological polar surface area (TPSA) is 12.0 Å². The molecule has 1 saturated carbocycles. The highest BCUT2D eigenvalue weighted by atomic mass is 14.9. The van der Waals surface area contributed by atoms with Crippen molar-refractivity contribution < 1.29 is 0 Å². The molecule has 1 heteroatoms. The minimum Gasteiger partial charge on any atom is -0.314 e. The lowest BCUT2D eigenvalue weighted by molar-refractivity contribution is 0.186. The van der Waals surface area contributed by atoms with Crippen molar-refractivity contribution in [1.29, 1.82) is 0 Å². The minimum atomic E-state index is 0.429. The molecule has 0 heterocycles. The van der Waals surface area contributed by atoms with Crippen molar-refractivity contribution in [2.75, 3.05) is 7.05 Å². The van der Waals surface area contributed by atoms with E-state index in [1.54, 1.807) is 0 Å². The molecule has 0 aromatic rings. The van der Waals surface area contributed by atoms with Crippen LogP contribution >= 0.6 is 0 Å². The Balaban J connectivity index is 2.54. The highest BCUT2D eigenvalue weighted by Crippen LogP contribution is 2.32. The maximum absolute atomic E-state index is 3.43. The zero-order chi connectivity index (χ0) is 7.61. The van der Waals surface area contributed by atoms with Crippen molar-refractivity contribution in [3.63, 3.8) is 0 Å². The molecule has 2 atom stereocenters. The molecule has 1 rings (SSSR count). The summed E-state index contributed by atoms with van der Waals surface area (Å²) in [6, 6.07) is 0. The van der Waals surface area contributed by atoms with Gasteiger partial charge in [0, 0.05) is 5.54 Å². The average Bonchev–Trinajstić information content (AvgIpc) is 1.96. The minimum absolute atomic E-state index is 0.429. The molecular weight excluding hydrogens is 122 g/mol. The van der Waals surface area contributed by atoms with Gasteiger partial charge < -0.3 is 5.32 Å². The van der Waals surface area contributed by atoms with Crippen LogP contribution in [0.1, 0.15) is 39.5 Å². The summed E-state index contributed by atoms with van der Waals surface area (Å²) in [7, 11) is 2.09. The van der Waals surface area contributed by atoms with Gasteiger partial charge in [-0.25, -0.2) is 0 Å². The molecule has 1 nitrogen and oxygen atoms in total. The van der Waals surface area contributed by atoms with Gasteiger partial charge in [0.05, 0.1) is 0 Å². The van der Waals surface area contributed by atoms with Crippen LogP contribution in [0.15, 0.2) is 0 Å². The summed E-state index contributed by atoms with van der Waals surface area (Å²) in [5.74, 6) is 0.853. The third-order valence-corrected chi connectivity index (χ3v) is 3.24. The van der Waals surface area contributed by atoms with Gasteiger partial charge in [0.15, 0.2) is 0 Å². The molecule has 1 N–H and O–H groups in total. The Morgan fingerprint density at radius 1 is 1.40 bits per heavy atom. The van der Waals surface area contributed by atoms with Crippen LogP contribution in [-0.4, -0.2) is 12.6 Å². The van der Waals surface area contributed by atoms with Gasteiger partial charge in [0.2, 0.25) is 0 Å². The lowest BCUT2D eigenvalue weighted by Gasteiger charge is -2.39. The third kappa shape index (κ3) is 1.34. The highest BCUT2D eigenvalue weighted by molar-refractivity contribution is 4.89. The second-order valence-electron chi connectivity index (χ2n) is 3.81. The van der Waals surface area contributed by atoms with E-state index in [1.165, 1.54) is 25.7 Å². The molecule has 10 heavy (non-hydrogen) atoms. The van der Waals surface area contributed by atoms with E-state index in [-0.39, 0.29) is 0 Å². The Morgan fingerprint density at radius 3 is 2.50 bits per heavy atom. The van der Waals surface area contributed by atoms with Gasteiger partial charge in [-0.15, -0.1) is 0 Å². The third-order valence-electron chi connectivity index (χ3n) is 3.24. The largest absolute Gasteiger partial charge is 0.314 e. The molecule has 1 aliphatic carbocycles. The summed E-state index contributed by atoms with van der Waals surface area (Å²) in [5, 5.41) is 3.43. The number of hydrogen-bond acceptors (Lipinski definition) is 1. The van der Waals surface area contributed by atoms with Crippen molar-refractivity contribution in [2.45, 2.75) is 45.1 Å². The standard InChI is InChI=1S/C9H19N/c1-8-6-4-5-7-9(8,2)10-3/h8,10H,4-7H2,1-3H3/t8?,9-/m0/s1. The molecule has 0 amide bonds. The first kappa shape index (κ1) is 8.06. The predicted octanol–water partition coefficient (Wildman–Crippen LogP) is 2.17. The van der Waals surface area contributed by atoms with E-state index < -0.39 is 0 Å².